The first-order valence-corrected chi connectivity index (χ1v) is 7.97. The molecule has 1 aromatic rings. The Morgan fingerprint density at radius 1 is 1.35 bits per heavy atom. The van der Waals surface area contributed by atoms with Crippen LogP contribution in [0.15, 0.2) is 6.07 Å². The van der Waals surface area contributed by atoms with Gasteiger partial charge in [0.15, 0.2) is 0 Å². The predicted molar refractivity (Wildman–Crippen MR) is 75.7 cm³/mol. The molecule has 0 bridgehead atoms. The summed E-state index contributed by atoms with van der Waals surface area (Å²) in [6.45, 7) is 1.74. The van der Waals surface area contributed by atoms with Crippen LogP contribution in [0.3, 0.4) is 0 Å². The highest BCUT2D eigenvalue weighted by atomic mass is 19.4. The molecular formula is C15H20F3N3O2. The normalized spacial score (nSPS) is 24.7. The van der Waals surface area contributed by atoms with Gasteiger partial charge < -0.3 is 10.1 Å². The monoisotopic (exact) mass is 331 g/mol. The Morgan fingerprint density at radius 3 is 2.74 bits per heavy atom. The zero-order valence-corrected chi connectivity index (χ0v) is 12.7. The number of alkyl halides is 3. The van der Waals surface area contributed by atoms with Crippen molar-refractivity contribution in [3.63, 3.8) is 0 Å². The quantitative estimate of drug-likeness (QED) is 0.926. The van der Waals surface area contributed by atoms with Gasteiger partial charge in [-0.3, -0.25) is 4.79 Å². The summed E-state index contributed by atoms with van der Waals surface area (Å²) in [5.74, 6) is -1.07. The predicted octanol–water partition coefficient (Wildman–Crippen LogP) is 2.65. The van der Waals surface area contributed by atoms with Crippen molar-refractivity contribution in [2.24, 2.45) is 11.8 Å². The molecule has 128 valence electrons. The van der Waals surface area contributed by atoms with Crippen LogP contribution in [0.5, 0.6) is 5.88 Å². The molecule has 5 nitrogen and oxygen atoms in total. The van der Waals surface area contributed by atoms with Crippen molar-refractivity contribution >= 4 is 5.91 Å². The summed E-state index contributed by atoms with van der Waals surface area (Å²) in [6.07, 6.45) is -2.58. The summed E-state index contributed by atoms with van der Waals surface area (Å²) in [6, 6.07) is 1.79. The smallest absolute Gasteiger partial charge is 0.391 e. The lowest BCUT2D eigenvalue weighted by Crippen LogP contribution is -2.35. The molecule has 0 spiro atoms. The van der Waals surface area contributed by atoms with Crippen LogP contribution in [-0.2, 0) is 17.9 Å². The number of carbonyl (C=O) groups is 1. The number of fused-ring (bicyclic) bond motifs is 1. The summed E-state index contributed by atoms with van der Waals surface area (Å²) in [4.78, 5) is 12.1. The molecule has 1 fully saturated rings. The zero-order valence-electron chi connectivity index (χ0n) is 12.7. The minimum absolute atomic E-state index is 0.0359. The van der Waals surface area contributed by atoms with E-state index in [1.165, 1.54) is 0 Å². The van der Waals surface area contributed by atoms with Gasteiger partial charge in [-0.25, -0.2) is 4.68 Å². The summed E-state index contributed by atoms with van der Waals surface area (Å²) < 4.78 is 45.1. The van der Waals surface area contributed by atoms with Crippen LogP contribution in [0.1, 0.15) is 37.8 Å². The fourth-order valence-corrected chi connectivity index (χ4v) is 3.21. The lowest BCUT2D eigenvalue weighted by atomic mass is 9.81. The zero-order chi connectivity index (χ0) is 16.4. The molecule has 1 amide bonds. The minimum atomic E-state index is -4.14. The van der Waals surface area contributed by atoms with Crippen LogP contribution >= 0.6 is 0 Å². The molecule has 1 N–H and O–H groups in total. The number of amides is 1. The van der Waals surface area contributed by atoms with Crippen LogP contribution in [0.4, 0.5) is 13.2 Å². The molecule has 3 rings (SSSR count). The van der Waals surface area contributed by atoms with E-state index in [4.69, 9.17) is 4.74 Å². The number of rotatable bonds is 3. The molecular weight excluding hydrogens is 311 g/mol. The SMILES string of the molecule is O=C(NCc1cc2n(n1)CCCO2)C1CCC(C(F)(F)F)CC1. The topological polar surface area (TPSA) is 56.2 Å². The Kier molecular flexibility index (Phi) is 4.50. The number of aromatic nitrogens is 2. The first-order chi connectivity index (χ1) is 10.9. The van der Waals surface area contributed by atoms with Crippen LogP contribution in [-0.4, -0.2) is 28.5 Å². The summed E-state index contributed by atoms with van der Waals surface area (Å²) in [5.41, 5.74) is 0.708. The molecule has 0 atom stereocenters. The molecule has 1 aromatic heterocycles. The van der Waals surface area contributed by atoms with Gasteiger partial charge >= 0.3 is 6.18 Å². The first kappa shape index (κ1) is 16.1. The number of ether oxygens (including phenoxy) is 1. The maximum Gasteiger partial charge on any atom is 0.391 e. The third-order valence-corrected chi connectivity index (χ3v) is 4.56. The highest BCUT2D eigenvalue weighted by Gasteiger charge is 2.42. The van der Waals surface area contributed by atoms with E-state index in [0.29, 0.717) is 31.0 Å². The lowest BCUT2D eigenvalue weighted by molar-refractivity contribution is -0.184. The molecule has 1 saturated carbocycles. The molecule has 0 unspecified atom stereocenters. The second-order valence-corrected chi connectivity index (χ2v) is 6.21. The number of nitrogens with zero attached hydrogens (tertiary/aromatic N) is 2. The van der Waals surface area contributed by atoms with Gasteiger partial charge in [0.2, 0.25) is 11.8 Å². The molecule has 0 aromatic carbocycles. The highest BCUT2D eigenvalue weighted by Crippen LogP contribution is 2.39. The Balaban J connectivity index is 1.48. The van der Waals surface area contributed by atoms with E-state index in [2.05, 4.69) is 10.4 Å². The van der Waals surface area contributed by atoms with E-state index in [9.17, 15) is 18.0 Å². The highest BCUT2D eigenvalue weighted by molar-refractivity contribution is 5.78. The molecule has 8 heteroatoms. The Hall–Kier alpha value is -1.73. The fourth-order valence-electron chi connectivity index (χ4n) is 3.21. The Labute approximate surface area is 132 Å². The van der Waals surface area contributed by atoms with Gasteiger partial charge in [0.25, 0.3) is 0 Å². The van der Waals surface area contributed by atoms with Gasteiger partial charge in [-0.2, -0.15) is 18.3 Å². The summed E-state index contributed by atoms with van der Waals surface area (Å²) in [7, 11) is 0. The van der Waals surface area contributed by atoms with Crippen molar-refractivity contribution in [3.05, 3.63) is 11.8 Å². The second kappa shape index (κ2) is 6.41. The Morgan fingerprint density at radius 2 is 2.09 bits per heavy atom. The third-order valence-electron chi connectivity index (χ3n) is 4.56. The van der Waals surface area contributed by atoms with Crippen LogP contribution in [0.2, 0.25) is 0 Å². The summed E-state index contributed by atoms with van der Waals surface area (Å²) in [5, 5.41) is 7.12. The number of hydrogen-bond donors (Lipinski definition) is 1. The van der Waals surface area contributed by atoms with E-state index in [1.54, 1.807) is 10.7 Å². The van der Waals surface area contributed by atoms with Crippen LogP contribution in [0.25, 0.3) is 0 Å². The maximum atomic E-state index is 12.6. The third kappa shape index (κ3) is 3.79. The molecule has 1 aliphatic carbocycles. The van der Waals surface area contributed by atoms with Gasteiger partial charge in [0.05, 0.1) is 24.8 Å². The average molecular weight is 331 g/mol. The molecule has 2 heterocycles. The summed E-state index contributed by atoms with van der Waals surface area (Å²) >= 11 is 0. The van der Waals surface area contributed by atoms with Crippen LogP contribution < -0.4 is 10.1 Å². The van der Waals surface area contributed by atoms with Crippen LogP contribution in [0, 0.1) is 11.8 Å². The number of halogens is 3. The second-order valence-electron chi connectivity index (χ2n) is 6.21. The Bertz CT molecular complexity index is 539. The van der Waals surface area contributed by atoms with Crippen molar-refractivity contribution in [1.29, 1.82) is 0 Å². The van der Waals surface area contributed by atoms with Crippen molar-refractivity contribution in [3.8, 4) is 5.88 Å². The molecule has 0 saturated heterocycles. The average Bonchev–Trinajstić information content (AvgIpc) is 2.95. The standard InChI is InChI=1S/C15H20F3N3O2/c16-15(17,18)11-4-2-10(3-5-11)14(22)19-9-12-8-13-21(20-12)6-1-7-23-13/h8,10-11H,1-7,9H2,(H,19,22). The van der Waals surface area contributed by atoms with Crippen molar-refractivity contribution in [1.82, 2.24) is 15.1 Å². The molecule has 0 radical (unpaired) electrons. The van der Waals surface area contributed by atoms with E-state index in [1.807, 2.05) is 0 Å². The maximum absolute atomic E-state index is 12.6. The van der Waals surface area contributed by atoms with Gasteiger partial charge in [-0.05, 0) is 25.7 Å². The van der Waals surface area contributed by atoms with E-state index >= 15 is 0 Å². The number of hydrogen-bond acceptors (Lipinski definition) is 3. The number of nitrogens with one attached hydrogen (secondary N) is 1. The van der Waals surface area contributed by atoms with Gasteiger partial charge in [0.1, 0.15) is 0 Å². The molecule has 2 aliphatic rings. The van der Waals surface area contributed by atoms with Gasteiger partial charge in [-0.1, -0.05) is 0 Å². The number of aryl methyl sites for hydroxylation is 1. The van der Waals surface area contributed by atoms with Gasteiger partial charge in [-0.15, -0.1) is 0 Å². The minimum Gasteiger partial charge on any atom is -0.478 e. The van der Waals surface area contributed by atoms with E-state index in [-0.39, 0.29) is 31.2 Å². The van der Waals surface area contributed by atoms with Gasteiger partial charge in [0, 0.05) is 24.9 Å². The fraction of sp³-hybridized carbons (Fsp3) is 0.733. The van der Waals surface area contributed by atoms with E-state index in [0.717, 1.165) is 13.0 Å². The van der Waals surface area contributed by atoms with Crippen molar-refractivity contribution < 1.29 is 22.7 Å². The number of carbonyl (C=O) groups excluding carboxylic acids is 1. The lowest BCUT2D eigenvalue weighted by Gasteiger charge is -2.29. The van der Waals surface area contributed by atoms with E-state index < -0.39 is 12.1 Å². The van der Waals surface area contributed by atoms with Crippen molar-refractivity contribution in [2.75, 3.05) is 6.61 Å². The molecule has 23 heavy (non-hydrogen) atoms. The first-order valence-electron chi connectivity index (χ1n) is 7.97. The van der Waals surface area contributed by atoms with Crippen molar-refractivity contribution in [2.45, 2.75) is 51.4 Å². The largest absolute Gasteiger partial charge is 0.478 e. The molecule has 1 aliphatic heterocycles.